The van der Waals surface area contributed by atoms with E-state index in [1.165, 1.54) is 0 Å². The Morgan fingerprint density at radius 3 is 2.20 bits per heavy atom. The van der Waals surface area contributed by atoms with Crippen molar-refractivity contribution in [1.29, 1.82) is 0 Å². The Labute approximate surface area is 150 Å². The maximum atomic E-state index is 12.9. The van der Waals surface area contributed by atoms with Gasteiger partial charge >= 0.3 is 0 Å². The van der Waals surface area contributed by atoms with Crippen molar-refractivity contribution >= 4 is 11.8 Å². The molecule has 2 rings (SSSR count). The highest BCUT2D eigenvalue weighted by Crippen LogP contribution is 2.24. The van der Waals surface area contributed by atoms with Gasteiger partial charge < -0.3 is 14.5 Å². The summed E-state index contributed by atoms with van der Waals surface area (Å²) in [7, 11) is 1.58. The topological polar surface area (TPSA) is 49.9 Å². The first-order valence-electron chi connectivity index (χ1n) is 8.99. The molecule has 0 atom stereocenters. The summed E-state index contributed by atoms with van der Waals surface area (Å²) in [5.41, 5.74) is 1.71. The fourth-order valence-corrected chi connectivity index (χ4v) is 3.04. The van der Waals surface area contributed by atoms with Crippen molar-refractivity contribution in [2.24, 2.45) is 5.41 Å². The van der Waals surface area contributed by atoms with Gasteiger partial charge in [0.05, 0.1) is 12.7 Å². The third-order valence-corrected chi connectivity index (χ3v) is 4.50. The van der Waals surface area contributed by atoms with E-state index in [0.29, 0.717) is 43.9 Å². The number of rotatable bonds is 4. The lowest BCUT2D eigenvalue weighted by molar-refractivity contribution is -0.134. The Morgan fingerprint density at radius 2 is 1.68 bits per heavy atom. The van der Waals surface area contributed by atoms with Crippen LogP contribution in [0.2, 0.25) is 0 Å². The minimum atomic E-state index is -0.0185. The molecule has 138 valence electrons. The van der Waals surface area contributed by atoms with Crippen LogP contribution in [0.25, 0.3) is 0 Å². The van der Waals surface area contributed by atoms with Crippen molar-refractivity contribution in [3.8, 4) is 5.75 Å². The van der Waals surface area contributed by atoms with E-state index in [9.17, 15) is 9.59 Å². The van der Waals surface area contributed by atoms with E-state index in [1.807, 2.05) is 28.0 Å². The van der Waals surface area contributed by atoms with Gasteiger partial charge in [-0.3, -0.25) is 9.59 Å². The van der Waals surface area contributed by atoms with Crippen molar-refractivity contribution < 1.29 is 14.3 Å². The first-order valence-corrected chi connectivity index (χ1v) is 8.99. The first kappa shape index (κ1) is 19.3. The predicted octanol–water partition coefficient (Wildman–Crippen LogP) is 2.98. The van der Waals surface area contributed by atoms with Gasteiger partial charge in [0.25, 0.3) is 5.91 Å². The largest absolute Gasteiger partial charge is 0.496 e. The van der Waals surface area contributed by atoms with E-state index in [2.05, 4.69) is 27.7 Å². The second-order valence-corrected chi connectivity index (χ2v) is 7.80. The van der Waals surface area contributed by atoms with Crippen LogP contribution in [0.3, 0.4) is 0 Å². The lowest BCUT2D eigenvalue weighted by Crippen LogP contribution is -2.51. The number of aryl methyl sites for hydroxylation is 1. The van der Waals surface area contributed by atoms with E-state index in [-0.39, 0.29) is 17.2 Å². The SMILES string of the molecule is CCc1ccc(OC)c(C(=O)N2CCN(C(=O)CC(C)(C)C)CC2)c1. The molecule has 0 N–H and O–H groups in total. The van der Waals surface area contributed by atoms with Crippen LogP contribution >= 0.6 is 0 Å². The highest BCUT2D eigenvalue weighted by atomic mass is 16.5. The van der Waals surface area contributed by atoms with Gasteiger partial charge in [0.1, 0.15) is 5.75 Å². The molecule has 1 saturated heterocycles. The van der Waals surface area contributed by atoms with E-state index in [4.69, 9.17) is 4.74 Å². The van der Waals surface area contributed by atoms with Crippen molar-refractivity contribution in [2.75, 3.05) is 33.3 Å². The average molecular weight is 346 g/mol. The number of carbonyl (C=O) groups excluding carboxylic acids is 2. The number of hydrogen-bond donors (Lipinski definition) is 0. The van der Waals surface area contributed by atoms with Crippen molar-refractivity contribution in [3.05, 3.63) is 29.3 Å². The highest BCUT2D eigenvalue weighted by Gasteiger charge is 2.28. The molecule has 1 aliphatic heterocycles. The van der Waals surface area contributed by atoms with Gasteiger partial charge in [-0.2, -0.15) is 0 Å². The summed E-state index contributed by atoms with van der Waals surface area (Å²) in [5, 5.41) is 0. The highest BCUT2D eigenvalue weighted by molar-refractivity contribution is 5.97. The maximum Gasteiger partial charge on any atom is 0.257 e. The maximum absolute atomic E-state index is 12.9. The molecule has 25 heavy (non-hydrogen) atoms. The lowest BCUT2D eigenvalue weighted by atomic mass is 9.91. The van der Waals surface area contributed by atoms with Crippen LogP contribution in [-0.2, 0) is 11.2 Å². The molecular weight excluding hydrogens is 316 g/mol. The Kier molecular flexibility index (Phi) is 6.09. The van der Waals surface area contributed by atoms with Gasteiger partial charge in [0.2, 0.25) is 5.91 Å². The summed E-state index contributed by atoms with van der Waals surface area (Å²) < 4.78 is 5.36. The van der Waals surface area contributed by atoms with E-state index in [1.54, 1.807) is 7.11 Å². The van der Waals surface area contributed by atoms with Crippen LogP contribution < -0.4 is 4.74 Å². The molecule has 1 heterocycles. The molecule has 1 aliphatic rings. The summed E-state index contributed by atoms with van der Waals surface area (Å²) >= 11 is 0. The molecule has 1 aromatic rings. The summed E-state index contributed by atoms with van der Waals surface area (Å²) in [6, 6.07) is 5.76. The minimum absolute atomic E-state index is 0.0159. The molecule has 5 heteroatoms. The van der Waals surface area contributed by atoms with E-state index in [0.717, 1.165) is 12.0 Å². The van der Waals surface area contributed by atoms with Gasteiger partial charge in [-0.25, -0.2) is 0 Å². The van der Waals surface area contributed by atoms with Crippen molar-refractivity contribution in [2.45, 2.75) is 40.5 Å². The second-order valence-electron chi connectivity index (χ2n) is 7.80. The Bertz CT molecular complexity index is 626. The molecule has 0 bridgehead atoms. The molecule has 5 nitrogen and oxygen atoms in total. The minimum Gasteiger partial charge on any atom is -0.496 e. The third kappa shape index (κ3) is 4.97. The number of piperazine rings is 1. The summed E-state index contributed by atoms with van der Waals surface area (Å²) in [4.78, 5) is 28.9. The molecule has 1 aromatic carbocycles. The quantitative estimate of drug-likeness (QED) is 0.842. The molecular formula is C20H30N2O3. The third-order valence-electron chi connectivity index (χ3n) is 4.50. The Hall–Kier alpha value is -2.04. The summed E-state index contributed by atoms with van der Waals surface area (Å²) in [6.45, 7) is 10.6. The van der Waals surface area contributed by atoms with Crippen LogP contribution in [0.5, 0.6) is 5.75 Å². The molecule has 0 aliphatic carbocycles. The lowest BCUT2D eigenvalue weighted by Gasteiger charge is -2.36. The van der Waals surface area contributed by atoms with Gasteiger partial charge in [0, 0.05) is 32.6 Å². The molecule has 0 unspecified atom stereocenters. The molecule has 1 fully saturated rings. The molecule has 0 saturated carbocycles. The zero-order chi connectivity index (χ0) is 18.6. The van der Waals surface area contributed by atoms with Gasteiger partial charge in [-0.1, -0.05) is 33.8 Å². The Morgan fingerprint density at radius 1 is 1.08 bits per heavy atom. The van der Waals surface area contributed by atoms with Crippen LogP contribution in [0.1, 0.15) is 50.0 Å². The second kappa shape index (κ2) is 7.89. The van der Waals surface area contributed by atoms with Gasteiger partial charge in [0.15, 0.2) is 0 Å². The number of amides is 2. The van der Waals surface area contributed by atoms with Crippen LogP contribution in [0, 0.1) is 5.41 Å². The van der Waals surface area contributed by atoms with E-state index < -0.39 is 0 Å². The number of methoxy groups -OCH3 is 1. The zero-order valence-electron chi connectivity index (χ0n) is 16.1. The normalized spacial score (nSPS) is 15.2. The first-order chi connectivity index (χ1) is 11.7. The van der Waals surface area contributed by atoms with E-state index >= 15 is 0 Å². The monoisotopic (exact) mass is 346 g/mol. The average Bonchev–Trinajstić information content (AvgIpc) is 2.59. The fourth-order valence-electron chi connectivity index (χ4n) is 3.04. The number of hydrogen-bond acceptors (Lipinski definition) is 3. The fraction of sp³-hybridized carbons (Fsp3) is 0.600. The predicted molar refractivity (Wildman–Crippen MR) is 98.9 cm³/mol. The summed E-state index contributed by atoms with van der Waals surface area (Å²) in [6.07, 6.45) is 1.41. The standard InChI is InChI=1S/C20H30N2O3/c1-6-15-7-8-17(25-5)16(13-15)19(24)22-11-9-21(10-12-22)18(23)14-20(2,3)4/h7-8,13H,6,9-12,14H2,1-5H3. The van der Waals surface area contributed by atoms with Crippen LogP contribution in [-0.4, -0.2) is 54.9 Å². The van der Waals surface area contributed by atoms with Crippen molar-refractivity contribution in [1.82, 2.24) is 9.80 Å². The van der Waals surface area contributed by atoms with Crippen molar-refractivity contribution in [3.63, 3.8) is 0 Å². The smallest absolute Gasteiger partial charge is 0.257 e. The molecule has 0 spiro atoms. The number of carbonyl (C=O) groups is 2. The van der Waals surface area contributed by atoms with Crippen LogP contribution in [0.4, 0.5) is 0 Å². The van der Waals surface area contributed by atoms with Crippen LogP contribution in [0.15, 0.2) is 18.2 Å². The zero-order valence-corrected chi connectivity index (χ0v) is 16.1. The number of ether oxygens (including phenoxy) is 1. The van der Waals surface area contributed by atoms with Gasteiger partial charge in [-0.15, -0.1) is 0 Å². The molecule has 0 aromatic heterocycles. The molecule has 0 radical (unpaired) electrons. The Balaban J connectivity index is 2.03. The number of benzene rings is 1. The van der Waals surface area contributed by atoms with Gasteiger partial charge in [-0.05, 0) is 29.5 Å². The molecule has 2 amide bonds. The summed E-state index contributed by atoms with van der Waals surface area (Å²) in [5.74, 6) is 0.758. The number of nitrogens with zero attached hydrogens (tertiary/aromatic N) is 2.